The van der Waals surface area contributed by atoms with Crippen LogP contribution in [0.2, 0.25) is 0 Å². The highest BCUT2D eigenvalue weighted by Crippen LogP contribution is 2.33. The van der Waals surface area contributed by atoms with Gasteiger partial charge in [0.25, 0.3) is 0 Å². The molecule has 2 aromatic heterocycles. The highest BCUT2D eigenvalue weighted by atomic mass is 32.1. The number of carbonyl (C=O) groups is 1. The Labute approximate surface area is 272 Å². The maximum atomic E-state index is 12.8. The molecule has 0 atom stereocenters. The number of halogens is 6. The number of ether oxygens (including phenoxy) is 2. The van der Waals surface area contributed by atoms with E-state index in [2.05, 4.69) is 30.3 Å². The topological polar surface area (TPSA) is 102 Å². The van der Waals surface area contributed by atoms with Crippen molar-refractivity contribution in [2.45, 2.75) is 52.1 Å². The molecule has 0 saturated carbocycles. The van der Waals surface area contributed by atoms with Crippen LogP contribution in [0.4, 0.5) is 36.3 Å². The number of rotatable bonds is 2. The number of benzene rings is 2. The van der Waals surface area contributed by atoms with Crippen molar-refractivity contribution in [3.63, 3.8) is 0 Å². The number of carbonyl (C=O) groups excluding carboxylic acids is 1. The smallest absolute Gasteiger partial charge is 0.416 e. The number of aromatic nitrogens is 3. The van der Waals surface area contributed by atoms with Crippen LogP contribution in [0.3, 0.4) is 0 Å². The molecule has 4 aromatic rings. The number of alkyl halides is 6. The van der Waals surface area contributed by atoms with Gasteiger partial charge in [-0.1, -0.05) is 37.3 Å². The Bertz CT molecular complexity index is 1630. The molecule has 2 aliphatic heterocycles. The predicted molar refractivity (Wildman–Crippen MR) is 167 cm³/mol. The minimum absolute atomic E-state index is 0.229. The SMILES string of the molecule is CC.COC.COc1ncnc2sc(NC(=O)N3CCc4cc(C(F)(F)F)ccc4C3)nc12.FC(F)(F)c1ccc2c(c1)CCNC2. The number of amides is 2. The molecule has 0 bridgehead atoms. The Morgan fingerprint density at radius 2 is 1.49 bits per heavy atom. The number of hydrogen-bond acceptors (Lipinski definition) is 8. The van der Waals surface area contributed by atoms with Crippen molar-refractivity contribution in [2.24, 2.45) is 0 Å². The van der Waals surface area contributed by atoms with E-state index in [4.69, 9.17) is 4.74 Å². The van der Waals surface area contributed by atoms with Gasteiger partial charge in [0, 0.05) is 33.9 Å². The largest absolute Gasteiger partial charge is 0.479 e. The first-order valence-corrected chi connectivity index (χ1v) is 15.4. The summed E-state index contributed by atoms with van der Waals surface area (Å²) in [5, 5.41) is 6.17. The highest BCUT2D eigenvalue weighted by molar-refractivity contribution is 7.22. The lowest BCUT2D eigenvalue weighted by atomic mass is 9.97. The molecule has 0 spiro atoms. The van der Waals surface area contributed by atoms with Crippen molar-refractivity contribution < 1.29 is 40.6 Å². The van der Waals surface area contributed by atoms with Crippen LogP contribution in [0.15, 0.2) is 42.7 Å². The van der Waals surface area contributed by atoms with Crippen LogP contribution in [0, 0.1) is 0 Å². The molecule has 0 radical (unpaired) electrons. The predicted octanol–water partition coefficient (Wildman–Crippen LogP) is 7.34. The molecule has 4 heterocycles. The maximum Gasteiger partial charge on any atom is 0.416 e. The molecule has 0 aliphatic carbocycles. The number of fused-ring (bicyclic) bond motifs is 3. The van der Waals surface area contributed by atoms with Gasteiger partial charge in [0.15, 0.2) is 15.5 Å². The molecular weight excluding hydrogens is 650 g/mol. The summed E-state index contributed by atoms with van der Waals surface area (Å²) in [4.78, 5) is 27.0. The Balaban J connectivity index is 0.000000264. The lowest BCUT2D eigenvalue weighted by molar-refractivity contribution is -0.138. The van der Waals surface area contributed by atoms with Gasteiger partial charge in [-0.2, -0.15) is 31.3 Å². The van der Waals surface area contributed by atoms with E-state index in [1.165, 1.54) is 41.8 Å². The fraction of sp³-hybridized carbons (Fsp3) is 0.419. The van der Waals surface area contributed by atoms with Gasteiger partial charge in [-0.3, -0.25) is 5.32 Å². The molecule has 2 N–H and O–H groups in total. The maximum absolute atomic E-state index is 12.8. The van der Waals surface area contributed by atoms with Crippen LogP contribution < -0.4 is 15.4 Å². The van der Waals surface area contributed by atoms with E-state index in [-0.39, 0.29) is 12.6 Å². The molecule has 256 valence electrons. The molecule has 47 heavy (non-hydrogen) atoms. The summed E-state index contributed by atoms with van der Waals surface area (Å²) >= 11 is 1.18. The Morgan fingerprint density at radius 3 is 2.09 bits per heavy atom. The van der Waals surface area contributed by atoms with E-state index < -0.39 is 23.5 Å². The summed E-state index contributed by atoms with van der Waals surface area (Å²) in [6.45, 7) is 5.98. The molecule has 16 heteroatoms. The van der Waals surface area contributed by atoms with Crippen molar-refractivity contribution >= 4 is 32.8 Å². The Morgan fingerprint density at radius 1 is 0.894 bits per heavy atom. The van der Waals surface area contributed by atoms with Gasteiger partial charge < -0.3 is 19.7 Å². The number of anilines is 1. The molecule has 0 saturated heterocycles. The first-order valence-electron chi connectivity index (χ1n) is 14.5. The Hall–Kier alpha value is -4.02. The molecule has 2 aromatic carbocycles. The lowest BCUT2D eigenvalue weighted by Crippen LogP contribution is -2.39. The van der Waals surface area contributed by atoms with E-state index in [1.807, 2.05) is 13.8 Å². The van der Waals surface area contributed by atoms with Crippen LogP contribution in [0.1, 0.15) is 47.2 Å². The van der Waals surface area contributed by atoms with Gasteiger partial charge in [0.2, 0.25) is 5.88 Å². The van der Waals surface area contributed by atoms with E-state index >= 15 is 0 Å². The van der Waals surface area contributed by atoms with E-state index in [9.17, 15) is 31.1 Å². The van der Waals surface area contributed by atoms with Gasteiger partial charge >= 0.3 is 18.4 Å². The second kappa shape index (κ2) is 16.7. The van der Waals surface area contributed by atoms with Crippen molar-refractivity contribution in [2.75, 3.05) is 39.7 Å². The van der Waals surface area contributed by atoms with Gasteiger partial charge in [0.05, 0.1) is 18.2 Å². The second-order valence-electron chi connectivity index (χ2n) is 9.95. The second-order valence-corrected chi connectivity index (χ2v) is 10.9. The van der Waals surface area contributed by atoms with Crippen LogP contribution >= 0.6 is 11.3 Å². The molecule has 6 rings (SSSR count). The number of thiazole rings is 1. The summed E-state index contributed by atoms with van der Waals surface area (Å²) in [6, 6.07) is 7.21. The fourth-order valence-corrected chi connectivity index (χ4v) is 5.45. The number of urea groups is 1. The summed E-state index contributed by atoms with van der Waals surface area (Å²) in [6.07, 6.45) is -6.22. The molecule has 0 unspecified atom stereocenters. The molecule has 2 aliphatic rings. The summed E-state index contributed by atoms with van der Waals surface area (Å²) < 4.78 is 84.9. The third-order valence-corrected chi connectivity index (χ3v) is 7.70. The number of hydrogen-bond donors (Lipinski definition) is 2. The first kappa shape index (κ1) is 37.4. The van der Waals surface area contributed by atoms with Crippen LogP contribution in [0.5, 0.6) is 5.88 Å². The third kappa shape index (κ3) is 9.98. The summed E-state index contributed by atoms with van der Waals surface area (Å²) in [7, 11) is 4.72. The normalized spacial score (nSPS) is 13.8. The summed E-state index contributed by atoms with van der Waals surface area (Å²) in [5.41, 5.74) is 2.34. The van der Waals surface area contributed by atoms with Gasteiger partial charge in [0.1, 0.15) is 6.33 Å². The van der Waals surface area contributed by atoms with Gasteiger partial charge in [-0.25, -0.2) is 14.8 Å². The van der Waals surface area contributed by atoms with Gasteiger partial charge in [-0.05, 0) is 65.9 Å². The highest BCUT2D eigenvalue weighted by Gasteiger charge is 2.32. The van der Waals surface area contributed by atoms with Crippen molar-refractivity contribution in [3.8, 4) is 5.88 Å². The van der Waals surface area contributed by atoms with Crippen molar-refractivity contribution in [1.29, 1.82) is 0 Å². The first-order chi connectivity index (χ1) is 22.3. The monoisotopic (exact) mass is 686 g/mol. The number of nitrogens with one attached hydrogen (secondary N) is 2. The zero-order chi connectivity index (χ0) is 34.8. The average molecular weight is 687 g/mol. The average Bonchev–Trinajstić information content (AvgIpc) is 3.47. The van der Waals surface area contributed by atoms with Crippen LogP contribution in [0.25, 0.3) is 10.3 Å². The van der Waals surface area contributed by atoms with E-state index in [0.29, 0.717) is 58.4 Å². The van der Waals surface area contributed by atoms with Gasteiger partial charge in [-0.15, -0.1) is 0 Å². The van der Waals surface area contributed by atoms with Crippen LogP contribution in [-0.4, -0.2) is 60.3 Å². The van der Waals surface area contributed by atoms with Crippen LogP contribution in [-0.2, 0) is 43.0 Å². The van der Waals surface area contributed by atoms with Crippen molar-refractivity contribution in [1.82, 2.24) is 25.2 Å². The molecule has 2 amide bonds. The molecule has 0 fully saturated rings. The zero-order valence-electron chi connectivity index (χ0n) is 26.5. The minimum atomic E-state index is -4.37. The number of nitrogens with zero attached hydrogens (tertiary/aromatic N) is 4. The molecular formula is C31H36F6N6O3S. The quantitative estimate of drug-likeness (QED) is 0.213. The summed E-state index contributed by atoms with van der Waals surface area (Å²) in [5.74, 6) is 0.314. The van der Waals surface area contributed by atoms with Crippen molar-refractivity contribution in [3.05, 3.63) is 76.1 Å². The van der Waals surface area contributed by atoms with E-state index in [0.717, 1.165) is 35.9 Å². The lowest BCUT2D eigenvalue weighted by Gasteiger charge is -2.29. The standard InChI is InChI=1S/C17H14F3N5O2S.C10H10F3N.C2H6O.C2H6/c1-27-13-12-14(22-8-21-13)28-15(23-12)24-16(26)25-5-4-9-6-11(17(18,19)20)3-2-10(9)7-25;11-10(12,13)9-2-1-8-6-14-4-3-7(8)5-9;1-3-2;1-2/h2-3,6,8H,4-5,7H2,1H3,(H,23,24,26);1-2,5,14H,3-4,6H2;1-2H3;1-2H3. The number of methoxy groups -OCH3 is 2. The third-order valence-electron chi connectivity index (χ3n) is 6.82. The molecule has 9 nitrogen and oxygen atoms in total. The van der Waals surface area contributed by atoms with E-state index in [1.54, 1.807) is 20.3 Å². The zero-order valence-corrected chi connectivity index (χ0v) is 27.3. The fourth-order valence-electron chi connectivity index (χ4n) is 4.66. The minimum Gasteiger partial charge on any atom is -0.479 e. The Kier molecular flexibility index (Phi) is 13.3.